The van der Waals surface area contributed by atoms with Gasteiger partial charge in [0, 0.05) is 56.5 Å². The normalized spacial score (nSPS) is 17.6. The molecule has 1 saturated heterocycles. The number of carbonyl (C=O) groups is 2. The molecule has 9 heteroatoms. The van der Waals surface area contributed by atoms with E-state index in [9.17, 15) is 18.4 Å². The Morgan fingerprint density at radius 1 is 0.976 bits per heavy atom. The van der Waals surface area contributed by atoms with Crippen molar-refractivity contribution in [2.24, 2.45) is 0 Å². The molecule has 1 aromatic heterocycles. The predicted molar refractivity (Wildman–Crippen MR) is 153 cm³/mol. The maximum absolute atomic E-state index is 13.5. The smallest absolute Gasteiger partial charge is 0.255 e. The van der Waals surface area contributed by atoms with Gasteiger partial charge in [-0.15, -0.1) is 0 Å². The van der Waals surface area contributed by atoms with Gasteiger partial charge in [-0.25, -0.2) is 8.78 Å². The largest absolute Gasteiger partial charge is 0.319 e. The van der Waals surface area contributed by atoms with Crippen molar-refractivity contribution in [1.82, 2.24) is 19.6 Å². The second-order valence-electron chi connectivity index (χ2n) is 10.9. The number of hydrogen-bond donors (Lipinski definition) is 1. The minimum Gasteiger partial charge on any atom is -0.319 e. The molecular formula is C32H31F2N5O2. The number of halogens is 2. The summed E-state index contributed by atoms with van der Waals surface area (Å²) >= 11 is 0. The molecule has 0 saturated carbocycles. The number of carbonyl (C=O) groups excluding carboxylic acids is 2. The first-order valence-electron chi connectivity index (χ1n) is 13.8. The number of nitrogens with zero attached hydrogens (tertiary/aromatic N) is 4. The standard InChI is InChI=1S/C32H31F2N5O2/c1-37-8-10-38(11-9-37)18-21-2-4-23-14-26(15-25(23)12-21)28-16-24(5-7-31(28)40)32(41)36-27-17-35-39(20-27)19-22-3-6-29(33)30(34)13-22/h2-6,12-13,15-17,20H,7-11,14,18-19H2,1H3,(H,36,41). The van der Waals surface area contributed by atoms with Crippen LogP contribution < -0.4 is 5.32 Å². The fourth-order valence-corrected chi connectivity index (χ4v) is 5.50. The summed E-state index contributed by atoms with van der Waals surface area (Å²) in [5, 5.41) is 7.03. The highest BCUT2D eigenvalue weighted by Crippen LogP contribution is 2.33. The van der Waals surface area contributed by atoms with Gasteiger partial charge in [0.25, 0.3) is 5.91 Å². The molecule has 7 nitrogen and oxygen atoms in total. The molecule has 0 bridgehead atoms. The minimum atomic E-state index is -0.920. The van der Waals surface area contributed by atoms with Crippen molar-refractivity contribution in [2.45, 2.75) is 25.9 Å². The van der Waals surface area contributed by atoms with Gasteiger partial charge in [-0.3, -0.25) is 19.2 Å². The summed E-state index contributed by atoms with van der Waals surface area (Å²) < 4.78 is 28.3. The average molecular weight is 556 g/mol. The van der Waals surface area contributed by atoms with E-state index in [-0.39, 0.29) is 24.7 Å². The van der Waals surface area contributed by atoms with Gasteiger partial charge in [0.05, 0.1) is 18.4 Å². The Labute approximate surface area is 237 Å². The van der Waals surface area contributed by atoms with Crippen LogP contribution in [0.3, 0.4) is 0 Å². The summed E-state index contributed by atoms with van der Waals surface area (Å²) in [7, 11) is 2.15. The molecule has 0 unspecified atom stereocenters. The number of rotatable bonds is 7. The van der Waals surface area contributed by atoms with E-state index >= 15 is 0 Å². The molecule has 210 valence electrons. The lowest BCUT2D eigenvalue weighted by molar-refractivity contribution is -0.114. The third kappa shape index (κ3) is 6.11. The van der Waals surface area contributed by atoms with E-state index in [0.29, 0.717) is 28.8 Å². The minimum absolute atomic E-state index is 0.00221. The molecule has 0 atom stereocenters. The average Bonchev–Trinajstić information content (AvgIpc) is 3.58. The first kappa shape index (κ1) is 27.0. The second kappa shape index (κ2) is 11.3. The van der Waals surface area contributed by atoms with Gasteiger partial charge in [0.15, 0.2) is 17.4 Å². The van der Waals surface area contributed by atoms with E-state index in [1.54, 1.807) is 18.3 Å². The molecule has 2 aromatic carbocycles. The van der Waals surface area contributed by atoms with Crippen molar-refractivity contribution in [1.29, 1.82) is 0 Å². The first-order valence-corrected chi connectivity index (χ1v) is 13.8. The number of Topliss-reactive ketones (excluding diaryl/α,β-unsaturated/α-hetero) is 1. The van der Waals surface area contributed by atoms with Crippen LogP contribution in [0.1, 0.15) is 28.7 Å². The molecule has 1 N–H and O–H groups in total. The number of hydrogen-bond acceptors (Lipinski definition) is 5. The SMILES string of the molecule is CN1CCN(Cc2ccc3c(c2)C=C(C2=CC(C(=O)Nc4cnn(Cc5ccc(F)c(F)c5)c4)=CCC2=O)C3)CC1. The number of aromatic nitrogens is 2. The molecular weight excluding hydrogens is 524 g/mol. The van der Waals surface area contributed by atoms with Crippen molar-refractivity contribution < 1.29 is 18.4 Å². The molecule has 1 fully saturated rings. The van der Waals surface area contributed by atoms with Gasteiger partial charge < -0.3 is 10.2 Å². The van der Waals surface area contributed by atoms with Crippen LogP contribution in [0.15, 0.2) is 77.7 Å². The molecule has 1 aliphatic heterocycles. The van der Waals surface area contributed by atoms with Gasteiger partial charge in [0.1, 0.15) is 0 Å². The fourth-order valence-electron chi connectivity index (χ4n) is 5.50. The number of fused-ring (bicyclic) bond motifs is 1. The highest BCUT2D eigenvalue weighted by Gasteiger charge is 2.25. The summed E-state index contributed by atoms with van der Waals surface area (Å²) in [6, 6.07) is 10.2. The van der Waals surface area contributed by atoms with Crippen LogP contribution in [0.2, 0.25) is 0 Å². The fraction of sp³-hybridized carbons (Fsp3) is 0.281. The number of likely N-dealkylation sites (N-methyl/N-ethyl adjacent to an activating group) is 1. The van der Waals surface area contributed by atoms with Crippen LogP contribution in [0.4, 0.5) is 14.5 Å². The predicted octanol–water partition coefficient (Wildman–Crippen LogP) is 4.36. The number of benzene rings is 2. The van der Waals surface area contributed by atoms with E-state index in [2.05, 4.69) is 51.5 Å². The van der Waals surface area contributed by atoms with Crippen LogP contribution in [-0.4, -0.2) is 64.5 Å². The summed E-state index contributed by atoms with van der Waals surface area (Å²) in [5.41, 5.74) is 6.51. The van der Waals surface area contributed by atoms with E-state index in [0.717, 1.165) is 56.0 Å². The van der Waals surface area contributed by atoms with Gasteiger partial charge in [-0.05, 0) is 59.5 Å². The second-order valence-corrected chi connectivity index (χ2v) is 10.9. The summed E-state index contributed by atoms with van der Waals surface area (Å²) in [5.74, 6) is -2.17. The Kier molecular flexibility index (Phi) is 7.47. The first-order chi connectivity index (χ1) is 19.8. The van der Waals surface area contributed by atoms with Crippen LogP contribution in [0, 0.1) is 11.6 Å². The maximum atomic E-state index is 13.5. The van der Waals surface area contributed by atoms with Gasteiger partial charge in [-0.2, -0.15) is 5.10 Å². The number of amides is 1. The zero-order valence-electron chi connectivity index (χ0n) is 22.9. The van der Waals surface area contributed by atoms with Gasteiger partial charge in [0.2, 0.25) is 0 Å². The number of anilines is 1. The molecule has 3 aliphatic rings. The molecule has 0 radical (unpaired) electrons. The summed E-state index contributed by atoms with van der Waals surface area (Å²) in [6.45, 7) is 5.41. The van der Waals surface area contributed by atoms with Crippen LogP contribution in [0.5, 0.6) is 0 Å². The highest BCUT2D eigenvalue weighted by atomic mass is 19.2. The van der Waals surface area contributed by atoms with Crippen LogP contribution >= 0.6 is 0 Å². The Morgan fingerprint density at radius 2 is 1.76 bits per heavy atom. The number of nitrogens with one attached hydrogen (secondary N) is 1. The molecule has 1 amide bonds. The monoisotopic (exact) mass is 555 g/mol. The molecule has 3 aromatic rings. The Morgan fingerprint density at radius 3 is 2.56 bits per heavy atom. The number of ketones is 1. The lowest BCUT2D eigenvalue weighted by atomic mass is 9.91. The molecule has 2 aliphatic carbocycles. The summed E-state index contributed by atoms with van der Waals surface area (Å²) in [4.78, 5) is 30.8. The zero-order chi connectivity index (χ0) is 28.5. The van der Waals surface area contributed by atoms with Crippen LogP contribution in [0.25, 0.3) is 6.08 Å². The highest BCUT2D eigenvalue weighted by molar-refractivity contribution is 6.12. The lowest BCUT2D eigenvalue weighted by Crippen LogP contribution is -2.43. The zero-order valence-corrected chi connectivity index (χ0v) is 22.9. The van der Waals surface area contributed by atoms with Crippen molar-refractivity contribution in [3.63, 3.8) is 0 Å². The molecule has 41 heavy (non-hydrogen) atoms. The van der Waals surface area contributed by atoms with Crippen molar-refractivity contribution in [3.05, 3.63) is 112 Å². The topological polar surface area (TPSA) is 70.5 Å². The third-order valence-electron chi connectivity index (χ3n) is 7.86. The summed E-state index contributed by atoms with van der Waals surface area (Å²) in [6.07, 6.45) is 9.33. The van der Waals surface area contributed by atoms with E-state index in [1.165, 1.54) is 28.1 Å². The third-order valence-corrected chi connectivity index (χ3v) is 7.86. The number of allylic oxidation sites excluding steroid dienone is 3. The van der Waals surface area contributed by atoms with Crippen molar-refractivity contribution >= 4 is 23.5 Å². The lowest BCUT2D eigenvalue weighted by Gasteiger charge is -2.32. The maximum Gasteiger partial charge on any atom is 0.255 e. The van der Waals surface area contributed by atoms with Gasteiger partial charge in [-0.1, -0.05) is 36.4 Å². The van der Waals surface area contributed by atoms with E-state index < -0.39 is 11.6 Å². The van der Waals surface area contributed by atoms with Crippen molar-refractivity contribution in [2.75, 3.05) is 38.5 Å². The molecule has 2 heterocycles. The molecule has 6 rings (SSSR count). The van der Waals surface area contributed by atoms with E-state index in [1.807, 2.05) is 0 Å². The Balaban J connectivity index is 1.12. The molecule has 0 spiro atoms. The quantitative estimate of drug-likeness (QED) is 0.469. The number of piperazine rings is 1. The van der Waals surface area contributed by atoms with Crippen molar-refractivity contribution in [3.8, 4) is 0 Å². The van der Waals surface area contributed by atoms with Crippen LogP contribution in [-0.2, 0) is 29.1 Å². The Bertz CT molecular complexity index is 1610. The Hall–Kier alpha value is -4.21. The van der Waals surface area contributed by atoms with Gasteiger partial charge >= 0.3 is 0 Å². The van der Waals surface area contributed by atoms with E-state index in [4.69, 9.17) is 0 Å².